The lowest BCUT2D eigenvalue weighted by atomic mass is 10.2. The van der Waals surface area contributed by atoms with Gasteiger partial charge in [0, 0.05) is 6.20 Å². The summed E-state index contributed by atoms with van der Waals surface area (Å²) in [5.41, 5.74) is 1.35. The molecule has 2 aromatic rings. The second-order valence-electron chi connectivity index (χ2n) is 3.42. The molecule has 0 aliphatic carbocycles. The van der Waals surface area contributed by atoms with Gasteiger partial charge in [-0.15, -0.1) is 4.73 Å². The molecule has 82 valence electrons. The summed E-state index contributed by atoms with van der Waals surface area (Å²) in [5.74, 6) is 0. The smallest absolute Gasteiger partial charge is 0.380 e. The lowest BCUT2D eigenvalue weighted by molar-refractivity contribution is 0.0813. The van der Waals surface area contributed by atoms with E-state index in [9.17, 15) is 4.79 Å². The minimum atomic E-state index is -0.393. The van der Waals surface area contributed by atoms with Crippen molar-refractivity contribution in [2.75, 3.05) is 0 Å². The maximum atomic E-state index is 11.4. The van der Waals surface area contributed by atoms with Crippen LogP contribution in [0.3, 0.4) is 0 Å². The van der Waals surface area contributed by atoms with E-state index in [-0.39, 0.29) is 0 Å². The van der Waals surface area contributed by atoms with Gasteiger partial charge in [0.1, 0.15) is 6.61 Å². The average molecular weight is 216 g/mol. The molecule has 0 saturated heterocycles. The second-order valence-corrected chi connectivity index (χ2v) is 3.42. The first-order chi connectivity index (χ1) is 7.77. The van der Waals surface area contributed by atoms with Crippen LogP contribution >= 0.6 is 0 Å². The predicted octanol–water partition coefficient (Wildman–Crippen LogP) is 1.18. The summed E-state index contributed by atoms with van der Waals surface area (Å²) in [5, 5.41) is 0. The minimum Gasteiger partial charge on any atom is -0.404 e. The predicted molar refractivity (Wildman–Crippen MR) is 60.0 cm³/mol. The first kappa shape index (κ1) is 10.4. The van der Waals surface area contributed by atoms with Gasteiger partial charge < -0.3 is 4.84 Å². The fourth-order valence-corrected chi connectivity index (χ4v) is 1.35. The Bertz CT molecular complexity index is 520. The normalized spacial score (nSPS) is 10.1. The van der Waals surface area contributed by atoms with E-state index < -0.39 is 5.69 Å². The van der Waals surface area contributed by atoms with Crippen molar-refractivity contribution in [3.05, 3.63) is 64.3 Å². The Morgan fingerprint density at radius 3 is 2.69 bits per heavy atom. The number of aromatic nitrogens is 2. The third-order valence-corrected chi connectivity index (χ3v) is 2.20. The van der Waals surface area contributed by atoms with Crippen LogP contribution in [0.5, 0.6) is 0 Å². The van der Waals surface area contributed by atoms with Crippen molar-refractivity contribution in [3.63, 3.8) is 0 Å². The average Bonchev–Trinajstić information content (AvgIpc) is 2.30. The number of hydrogen-bond donors (Lipinski definition) is 0. The highest BCUT2D eigenvalue weighted by Gasteiger charge is 2.00. The van der Waals surface area contributed by atoms with Gasteiger partial charge in [-0.2, -0.15) is 4.98 Å². The van der Waals surface area contributed by atoms with Gasteiger partial charge in [0.05, 0.1) is 5.69 Å². The van der Waals surface area contributed by atoms with Gasteiger partial charge in [-0.1, -0.05) is 30.3 Å². The standard InChI is InChI=1S/C12H12N2O2/c1-10-7-8-13-12(15)14(10)16-9-11-5-3-2-4-6-11/h2-8H,9H2,1H3. The number of benzene rings is 1. The Balaban J connectivity index is 2.14. The van der Waals surface area contributed by atoms with Crippen LogP contribution in [0.25, 0.3) is 0 Å². The lowest BCUT2D eigenvalue weighted by Gasteiger charge is -2.09. The van der Waals surface area contributed by atoms with Crippen LogP contribution in [0.1, 0.15) is 11.3 Å². The molecule has 1 aromatic carbocycles. The molecule has 16 heavy (non-hydrogen) atoms. The maximum Gasteiger partial charge on any atom is 0.380 e. The third kappa shape index (κ3) is 2.28. The SMILES string of the molecule is Cc1ccnc(=O)n1OCc1ccccc1. The fraction of sp³-hybridized carbons (Fsp3) is 0.167. The van der Waals surface area contributed by atoms with Crippen LogP contribution in [0.15, 0.2) is 47.4 Å². The van der Waals surface area contributed by atoms with Gasteiger partial charge in [-0.3, -0.25) is 0 Å². The number of aryl methyl sites for hydroxylation is 1. The van der Waals surface area contributed by atoms with E-state index in [1.807, 2.05) is 30.3 Å². The lowest BCUT2D eigenvalue weighted by Crippen LogP contribution is -2.30. The van der Waals surface area contributed by atoms with Gasteiger partial charge in [-0.25, -0.2) is 4.79 Å². The summed E-state index contributed by atoms with van der Waals surface area (Å²) in [4.78, 5) is 20.4. The molecule has 0 unspecified atom stereocenters. The Morgan fingerprint density at radius 1 is 1.25 bits per heavy atom. The van der Waals surface area contributed by atoms with Crippen molar-refractivity contribution in [2.24, 2.45) is 0 Å². The third-order valence-electron chi connectivity index (χ3n) is 2.20. The van der Waals surface area contributed by atoms with Gasteiger partial charge in [0.2, 0.25) is 0 Å². The van der Waals surface area contributed by atoms with Crippen molar-refractivity contribution in [1.82, 2.24) is 9.71 Å². The molecule has 0 N–H and O–H groups in total. The maximum absolute atomic E-state index is 11.4. The molecule has 0 amide bonds. The molecular formula is C12H12N2O2. The fourth-order valence-electron chi connectivity index (χ4n) is 1.35. The number of nitrogens with zero attached hydrogens (tertiary/aromatic N) is 2. The molecule has 0 spiro atoms. The van der Waals surface area contributed by atoms with Crippen molar-refractivity contribution in [3.8, 4) is 0 Å². The number of hydrogen-bond acceptors (Lipinski definition) is 3. The molecular weight excluding hydrogens is 204 g/mol. The summed E-state index contributed by atoms with van der Waals surface area (Å²) < 4.78 is 1.20. The molecule has 0 atom stereocenters. The minimum absolute atomic E-state index is 0.354. The molecule has 0 fully saturated rings. The van der Waals surface area contributed by atoms with Crippen LogP contribution in [-0.4, -0.2) is 9.71 Å². The zero-order valence-corrected chi connectivity index (χ0v) is 8.96. The molecule has 4 nitrogen and oxygen atoms in total. The van der Waals surface area contributed by atoms with Crippen LogP contribution in [-0.2, 0) is 6.61 Å². The quantitative estimate of drug-likeness (QED) is 0.773. The van der Waals surface area contributed by atoms with Crippen molar-refractivity contribution in [1.29, 1.82) is 0 Å². The Labute approximate surface area is 93.1 Å². The molecule has 0 saturated carbocycles. The highest BCUT2D eigenvalue weighted by molar-refractivity contribution is 5.13. The highest BCUT2D eigenvalue weighted by Crippen LogP contribution is 1.99. The van der Waals surface area contributed by atoms with Crippen molar-refractivity contribution >= 4 is 0 Å². The van der Waals surface area contributed by atoms with E-state index >= 15 is 0 Å². The number of rotatable bonds is 3. The van der Waals surface area contributed by atoms with E-state index in [1.165, 1.54) is 10.9 Å². The Morgan fingerprint density at radius 2 is 2.00 bits per heavy atom. The molecule has 1 heterocycles. The molecule has 0 radical (unpaired) electrons. The van der Waals surface area contributed by atoms with Gasteiger partial charge >= 0.3 is 5.69 Å². The molecule has 2 rings (SSSR count). The zero-order valence-electron chi connectivity index (χ0n) is 8.96. The summed E-state index contributed by atoms with van der Waals surface area (Å²) >= 11 is 0. The Kier molecular flexibility index (Phi) is 3.00. The summed E-state index contributed by atoms with van der Waals surface area (Å²) in [7, 11) is 0. The van der Waals surface area contributed by atoms with Gasteiger partial charge in [-0.05, 0) is 18.6 Å². The second kappa shape index (κ2) is 4.61. The zero-order chi connectivity index (χ0) is 11.4. The summed E-state index contributed by atoms with van der Waals surface area (Å²) in [6.45, 7) is 2.15. The van der Waals surface area contributed by atoms with Gasteiger partial charge in [0.15, 0.2) is 0 Å². The monoisotopic (exact) mass is 216 g/mol. The van der Waals surface area contributed by atoms with Crippen molar-refractivity contribution < 1.29 is 4.84 Å². The van der Waals surface area contributed by atoms with E-state index in [0.717, 1.165) is 11.3 Å². The molecule has 1 aromatic heterocycles. The Hall–Kier alpha value is -2.10. The molecule has 0 aliphatic rings. The van der Waals surface area contributed by atoms with Crippen LogP contribution in [0.4, 0.5) is 0 Å². The molecule has 0 bridgehead atoms. The van der Waals surface area contributed by atoms with E-state index in [1.54, 1.807) is 13.0 Å². The largest absolute Gasteiger partial charge is 0.404 e. The van der Waals surface area contributed by atoms with Crippen LogP contribution < -0.4 is 10.5 Å². The van der Waals surface area contributed by atoms with Crippen LogP contribution in [0.2, 0.25) is 0 Å². The first-order valence-electron chi connectivity index (χ1n) is 4.99. The molecule has 0 aliphatic heterocycles. The van der Waals surface area contributed by atoms with Gasteiger partial charge in [0.25, 0.3) is 0 Å². The van der Waals surface area contributed by atoms with Crippen LogP contribution in [0, 0.1) is 6.92 Å². The summed E-state index contributed by atoms with van der Waals surface area (Å²) in [6.07, 6.45) is 1.47. The van der Waals surface area contributed by atoms with Crippen molar-refractivity contribution in [2.45, 2.75) is 13.5 Å². The van der Waals surface area contributed by atoms with E-state index in [2.05, 4.69) is 4.98 Å². The highest BCUT2D eigenvalue weighted by atomic mass is 16.7. The van der Waals surface area contributed by atoms with E-state index in [4.69, 9.17) is 4.84 Å². The topological polar surface area (TPSA) is 44.1 Å². The summed E-state index contributed by atoms with van der Waals surface area (Å²) in [6, 6.07) is 11.4. The first-order valence-corrected chi connectivity index (χ1v) is 4.99. The molecule has 4 heteroatoms. The van der Waals surface area contributed by atoms with E-state index in [0.29, 0.717) is 6.61 Å².